The second-order valence-electron chi connectivity index (χ2n) is 10.0. The predicted molar refractivity (Wildman–Crippen MR) is 118 cm³/mol. The summed E-state index contributed by atoms with van der Waals surface area (Å²) >= 11 is 1.80. The van der Waals surface area contributed by atoms with E-state index in [4.69, 9.17) is 4.98 Å². The Kier molecular flexibility index (Phi) is 5.95. The van der Waals surface area contributed by atoms with E-state index in [0.29, 0.717) is 6.04 Å². The highest BCUT2D eigenvalue weighted by Crippen LogP contribution is 2.57. The van der Waals surface area contributed by atoms with Crippen LogP contribution < -0.4 is 10.6 Å². The van der Waals surface area contributed by atoms with Crippen molar-refractivity contribution >= 4 is 22.4 Å². The van der Waals surface area contributed by atoms with Crippen molar-refractivity contribution in [3.8, 4) is 0 Å². The summed E-state index contributed by atoms with van der Waals surface area (Å²) in [6.07, 6.45) is 7.08. The zero-order chi connectivity index (χ0) is 20.8. The van der Waals surface area contributed by atoms with Crippen LogP contribution in [-0.4, -0.2) is 34.7 Å². The SMILES string of the molecule is CCCCNc1nc2c(s1)CC1(C)CCC(C(C)C(=O)NC3CC3)C(O)C1C2C. The number of amides is 1. The standard InChI is InChI=1S/C23H37N3O2S/c1-5-6-11-24-22-26-19-14(3)18-20(27)16(13(2)21(28)25-15-7-8-15)9-10-23(18,4)12-17(19)29-22/h13-16,18,20,27H,5-12H2,1-4H3,(H,24,26)(H,25,28). The molecular formula is C23H37N3O2S. The van der Waals surface area contributed by atoms with Crippen LogP contribution in [0.25, 0.3) is 0 Å². The maximum Gasteiger partial charge on any atom is 0.223 e. The van der Waals surface area contributed by atoms with Crippen LogP contribution in [0.2, 0.25) is 0 Å². The first-order valence-corrected chi connectivity index (χ1v) is 12.4. The summed E-state index contributed by atoms with van der Waals surface area (Å²) in [5.41, 5.74) is 1.26. The maximum absolute atomic E-state index is 12.6. The maximum atomic E-state index is 12.6. The molecule has 3 aliphatic carbocycles. The number of aliphatic hydroxyl groups excluding tert-OH is 1. The summed E-state index contributed by atoms with van der Waals surface area (Å²) in [5, 5.41) is 19.1. The zero-order valence-electron chi connectivity index (χ0n) is 18.3. The predicted octanol–water partition coefficient (Wildman–Crippen LogP) is 4.32. The number of nitrogens with one attached hydrogen (secondary N) is 2. The molecule has 0 spiro atoms. The molecule has 29 heavy (non-hydrogen) atoms. The molecule has 3 aliphatic rings. The first-order chi connectivity index (χ1) is 13.8. The lowest BCUT2D eigenvalue weighted by Crippen LogP contribution is -2.53. The highest BCUT2D eigenvalue weighted by Gasteiger charge is 2.54. The minimum atomic E-state index is -0.449. The number of nitrogens with zero attached hydrogens (tertiary/aromatic N) is 1. The van der Waals surface area contributed by atoms with Gasteiger partial charge in [-0.3, -0.25) is 4.79 Å². The lowest BCUT2D eigenvalue weighted by atomic mass is 9.53. The number of aromatic nitrogens is 1. The summed E-state index contributed by atoms with van der Waals surface area (Å²) in [6.45, 7) is 9.75. The Hall–Kier alpha value is -1.14. The van der Waals surface area contributed by atoms with Crippen molar-refractivity contribution in [2.75, 3.05) is 11.9 Å². The van der Waals surface area contributed by atoms with Gasteiger partial charge in [-0.25, -0.2) is 4.98 Å². The second kappa shape index (κ2) is 8.18. The Morgan fingerprint density at radius 1 is 1.38 bits per heavy atom. The van der Waals surface area contributed by atoms with Gasteiger partial charge in [0.1, 0.15) is 0 Å². The van der Waals surface area contributed by atoms with Crippen molar-refractivity contribution < 1.29 is 9.90 Å². The Labute approximate surface area is 179 Å². The number of carbonyl (C=O) groups is 1. The average Bonchev–Trinajstić information content (AvgIpc) is 3.39. The molecule has 0 aromatic carbocycles. The normalized spacial score (nSPS) is 34.8. The van der Waals surface area contributed by atoms with E-state index < -0.39 is 6.10 Å². The quantitative estimate of drug-likeness (QED) is 0.575. The molecule has 6 heteroatoms. The number of rotatable bonds is 7. The van der Waals surface area contributed by atoms with E-state index in [1.54, 1.807) is 11.3 Å². The minimum absolute atomic E-state index is 0.0385. The smallest absolute Gasteiger partial charge is 0.223 e. The fourth-order valence-electron chi connectivity index (χ4n) is 5.75. The molecule has 1 aromatic rings. The van der Waals surface area contributed by atoms with E-state index in [2.05, 4.69) is 31.4 Å². The third kappa shape index (κ3) is 4.07. The van der Waals surface area contributed by atoms with Crippen LogP contribution in [-0.2, 0) is 11.2 Å². The van der Waals surface area contributed by atoms with Gasteiger partial charge in [-0.2, -0.15) is 0 Å². The molecule has 4 rings (SSSR count). The van der Waals surface area contributed by atoms with Gasteiger partial charge in [0, 0.05) is 29.3 Å². The van der Waals surface area contributed by atoms with Crippen molar-refractivity contribution in [1.29, 1.82) is 0 Å². The third-order valence-electron chi connectivity index (χ3n) is 7.71. The monoisotopic (exact) mass is 419 g/mol. The summed E-state index contributed by atoms with van der Waals surface area (Å²) in [5.74, 6) is 0.413. The Bertz CT molecular complexity index is 746. The zero-order valence-corrected chi connectivity index (χ0v) is 19.1. The molecule has 162 valence electrons. The van der Waals surface area contributed by atoms with E-state index in [-0.39, 0.29) is 35.0 Å². The van der Waals surface area contributed by atoms with Gasteiger partial charge in [-0.15, -0.1) is 11.3 Å². The largest absolute Gasteiger partial charge is 0.392 e. The van der Waals surface area contributed by atoms with E-state index in [0.717, 1.165) is 50.2 Å². The van der Waals surface area contributed by atoms with Gasteiger partial charge in [-0.1, -0.05) is 34.1 Å². The third-order valence-corrected chi connectivity index (χ3v) is 8.74. The summed E-state index contributed by atoms with van der Waals surface area (Å²) < 4.78 is 0. The molecule has 0 radical (unpaired) electrons. The van der Waals surface area contributed by atoms with E-state index in [1.165, 1.54) is 17.0 Å². The lowest BCUT2D eigenvalue weighted by molar-refractivity contribution is -0.134. The molecule has 6 atom stereocenters. The number of thiazole rings is 1. The first kappa shape index (κ1) is 21.1. The molecule has 6 unspecified atom stereocenters. The number of hydrogen-bond acceptors (Lipinski definition) is 5. The molecule has 0 bridgehead atoms. The van der Waals surface area contributed by atoms with Gasteiger partial charge in [0.2, 0.25) is 5.91 Å². The molecule has 1 amide bonds. The van der Waals surface area contributed by atoms with Crippen LogP contribution in [0.3, 0.4) is 0 Å². The van der Waals surface area contributed by atoms with E-state index in [1.807, 2.05) is 6.92 Å². The van der Waals surface area contributed by atoms with Gasteiger partial charge in [0.25, 0.3) is 0 Å². The van der Waals surface area contributed by atoms with Crippen LogP contribution >= 0.6 is 11.3 Å². The molecular weight excluding hydrogens is 382 g/mol. The molecule has 1 aromatic heterocycles. The van der Waals surface area contributed by atoms with Crippen molar-refractivity contribution in [3.05, 3.63) is 10.6 Å². The van der Waals surface area contributed by atoms with Crippen molar-refractivity contribution in [1.82, 2.24) is 10.3 Å². The van der Waals surface area contributed by atoms with Crippen LogP contribution in [0.1, 0.15) is 82.7 Å². The Morgan fingerprint density at radius 3 is 2.83 bits per heavy atom. The van der Waals surface area contributed by atoms with Gasteiger partial charge in [-0.05, 0) is 55.8 Å². The molecule has 2 fully saturated rings. The molecule has 5 nitrogen and oxygen atoms in total. The van der Waals surface area contributed by atoms with Gasteiger partial charge in [0.15, 0.2) is 5.13 Å². The summed E-state index contributed by atoms with van der Waals surface area (Å²) in [4.78, 5) is 19.0. The summed E-state index contributed by atoms with van der Waals surface area (Å²) in [6, 6.07) is 0.376. The number of unbranched alkanes of at least 4 members (excludes halogenated alkanes) is 1. The molecule has 1 heterocycles. The van der Waals surface area contributed by atoms with Gasteiger partial charge < -0.3 is 15.7 Å². The highest BCUT2D eigenvalue weighted by atomic mass is 32.1. The molecule has 3 N–H and O–H groups in total. The average molecular weight is 420 g/mol. The number of anilines is 1. The van der Waals surface area contributed by atoms with Crippen LogP contribution in [0.15, 0.2) is 0 Å². The minimum Gasteiger partial charge on any atom is -0.392 e. The lowest BCUT2D eigenvalue weighted by Gasteiger charge is -2.53. The number of fused-ring (bicyclic) bond motifs is 2. The van der Waals surface area contributed by atoms with Gasteiger partial charge >= 0.3 is 0 Å². The van der Waals surface area contributed by atoms with E-state index in [9.17, 15) is 9.90 Å². The molecule has 0 aliphatic heterocycles. The number of aliphatic hydroxyl groups is 1. The molecule has 0 saturated heterocycles. The van der Waals surface area contributed by atoms with E-state index >= 15 is 0 Å². The second-order valence-corrected chi connectivity index (χ2v) is 11.1. The Balaban J connectivity index is 1.51. The number of hydrogen-bond donors (Lipinski definition) is 3. The summed E-state index contributed by atoms with van der Waals surface area (Å²) in [7, 11) is 0. The molecule has 2 saturated carbocycles. The topological polar surface area (TPSA) is 74.2 Å². The van der Waals surface area contributed by atoms with Crippen LogP contribution in [0, 0.1) is 23.2 Å². The first-order valence-electron chi connectivity index (χ1n) is 11.6. The van der Waals surface area contributed by atoms with Crippen molar-refractivity contribution in [3.63, 3.8) is 0 Å². The van der Waals surface area contributed by atoms with Crippen LogP contribution in [0.4, 0.5) is 5.13 Å². The highest BCUT2D eigenvalue weighted by molar-refractivity contribution is 7.15. The number of carbonyl (C=O) groups excluding carboxylic acids is 1. The van der Waals surface area contributed by atoms with Crippen LogP contribution in [0.5, 0.6) is 0 Å². The fraction of sp³-hybridized carbons (Fsp3) is 0.826. The van der Waals surface area contributed by atoms with Gasteiger partial charge in [0.05, 0.1) is 11.8 Å². The van der Waals surface area contributed by atoms with Crippen molar-refractivity contribution in [2.24, 2.45) is 23.2 Å². The Morgan fingerprint density at radius 2 is 2.14 bits per heavy atom. The van der Waals surface area contributed by atoms with Crippen molar-refractivity contribution in [2.45, 2.75) is 90.7 Å². The fourth-order valence-corrected chi connectivity index (χ4v) is 7.04.